The molecule has 1 aromatic carbocycles. The minimum absolute atomic E-state index is 0.370. The lowest BCUT2D eigenvalue weighted by atomic mass is 10.1. The number of rotatable bonds is 4. The van der Waals surface area contributed by atoms with Crippen LogP contribution < -0.4 is 5.32 Å². The Kier molecular flexibility index (Phi) is 3.67. The Labute approximate surface area is 96.4 Å². The minimum atomic E-state index is 0.370. The number of nitrogens with one attached hydrogen (secondary N) is 1. The van der Waals surface area contributed by atoms with Gasteiger partial charge in [-0.2, -0.15) is 0 Å². The van der Waals surface area contributed by atoms with Crippen LogP contribution in [0.4, 0.5) is 0 Å². The molecule has 0 unspecified atom stereocenters. The van der Waals surface area contributed by atoms with E-state index in [1.807, 2.05) is 30.6 Å². The molecular weight excluding hydrogens is 196 g/mol. The summed E-state index contributed by atoms with van der Waals surface area (Å²) in [6.45, 7) is 3.05. The molecule has 0 radical (unpaired) electrons. The Morgan fingerprint density at radius 1 is 1.06 bits per heavy atom. The van der Waals surface area contributed by atoms with Crippen molar-refractivity contribution in [3.05, 3.63) is 66.0 Å². The van der Waals surface area contributed by atoms with Crippen LogP contribution in [0.15, 0.2) is 54.9 Å². The third-order valence-corrected chi connectivity index (χ3v) is 2.66. The van der Waals surface area contributed by atoms with Crippen LogP contribution >= 0.6 is 0 Å². The Bertz CT molecular complexity index is 411. The van der Waals surface area contributed by atoms with Gasteiger partial charge in [0.1, 0.15) is 0 Å². The van der Waals surface area contributed by atoms with Gasteiger partial charge in [0.2, 0.25) is 0 Å². The lowest BCUT2D eigenvalue weighted by Gasteiger charge is -2.13. The van der Waals surface area contributed by atoms with Crippen molar-refractivity contribution < 1.29 is 0 Å². The molecule has 82 valence electrons. The SMILES string of the molecule is C[C@@H](NCc1ccncc1)c1ccccc1. The third kappa shape index (κ3) is 2.91. The van der Waals surface area contributed by atoms with Gasteiger partial charge in [-0.1, -0.05) is 30.3 Å². The van der Waals surface area contributed by atoms with E-state index in [9.17, 15) is 0 Å². The highest BCUT2D eigenvalue weighted by Gasteiger charge is 2.03. The maximum Gasteiger partial charge on any atom is 0.0294 e. The summed E-state index contributed by atoms with van der Waals surface area (Å²) < 4.78 is 0. The second kappa shape index (κ2) is 5.42. The molecule has 0 aliphatic rings. The molecule has 1 N–H and O–H groups in total. The van der Waals surface area contributed by atoms with E-state index < -0.39 is 0 Å². The van der Waals surface area contributed by atoms with E-state index in [0.29, 0.717) is 6.04 Å². The molecule has 0 spiro atoms. The van der Waals surface area contributed by atoms with E-state index in [-0.39, 0.29) is 0 Å². The molecule has 0 fully saturated rings. The molecule has 2 nitrogen and oxygen atoms in total. The van der Waals surface area contributed by atoms with Gasteiger partial charge >= 0.3 is 0 Å². The largest absolute Gasteiger partial charge is 0.306 e. The van der Waals surface area contributed by atoms with E-state index >= 15 is 0 Å². The molecule has 0 saturated carbocycles. The second-order valence-corrected chi connectivity index (χ2v) is 3.87. The molecule has 1 atom stereocenters. The van der Waals surface area contributed by atoms with Crippen LogP contribution in [0.1, 0.15) is 24.1 Å². The molecular formula is C14H16N2. The van der Waals surface area contributed by atoms with Gasteiger partial charge in [0.25, 0.3) is 0 Å². The first-order chi connectivity index (χ1) is 7.86. The standard InChI is InChI=1S/C14H16N2/c1-12(14-5-3-2-4-6-14)16-11-13-7-9-15-10-8-13/h2-10,12,16H,11H2,1H3/t12-/m1/s1. The van der Waals surface area contributed by atoms with Crippen molar-refractivity contribution in [2.45, 2.75) is 19.5 Å². The van der Waals surface area contributed by atoms with Gasteiger partial charge in [-0.3, -0.25) is 4.98 Å². The van der Waals surface area contributed by atoms with Crippen LogP contribution in [0.3, 0.4) is 0 Å². The Balaban J connectivity index is 1.92. The summed E-state index contributed by atoms with van der Waals surface area (Å²) in [5, 5.41) is 3.49. The predicted octanol–water partition coefficient (Wildman–Crippen LogP) is 2.93. The fourth-order valence-electron chi connectivity index (χ4n) is 1.63. The van der Waals surface area contributed by atoms with Gasteiger partial charge in [-0.15, -0.1) is 0 Å². The number of nitrogens with zero attached hydrogens (tertiary/aromatic N) is 1. The molecule has 16 heavy (non-hydrogen) atoms. The van der Waals surface area contributed by atoms with Crippen molar-refractivity contribution >= 4 is 0 Å². The van der Waals surface area contributed by atoms with Crippen LogP contribution in [0.2, 0.25) is 0 Å². The van der Waals surface area contributed by atoms with Gasteiger partial charge in [0.15, 0.2) is 0 Å². The minimum Gasteiger partial charge on any atom is -0.306 e. The number of pyridine rings is 1. The molecule has 0 aliphatic heterocycles. The zero-order chi connectivity index (χ0) is 11.2. The Hall–Kier alpha value is -1.67. The van der Waals surface area contributed by atoms with Crippen LogP contribution in [-0.4, -0.2) is 4.98 Å². The first-order valence-corrected chi connectivity index (χ1v) is 5.53. The molecule has 0 amide bonds. The van der Waals surface area contributed by atoms with E-state index in [4.69, 9.17) is 0 Å². The highest BCUT2D eigenvalue weighted by atomic mass is 14.9. The topological polar surface area (TPSA) is 24.9 Å². The lowest BCUT2D eigenvalue weighted by Crippen LogP contribution is -2.17. The zero-order valence-corrected chi connectivity index (χ0v) is 9.43. The quantitative estimate of drug-likeness (QED) is 0.842. The normalized spacial score (nSPS) is 12.3. The van der Waals surface area contributed by atoms with E-state index in [1.54, 1.807) is 0 Å². The van der Waals surface area contributed by atoms with Crippen LogP contribution in [-0.2, 0) is 6.54 Å². The van der Waals surface area contributed by atoms with Crippen molar-refractivity contribution in [3.8, 4) is 0 Å². The van der Waals surface area contributed by atoms with Gasteiger partial charge in [0.05, 0.1) is 0 Å². The van der Waals surface area contributed by atoms with Gasteiger partial charge < -0.3 is 5.32 Å². The average molecular weight is 212 g/mol. The molecule has 2 aromatic rings. The van der Waals surface area contributed by atoms with E-state index in [2.05, 4.69) is 41.5 Å². The monoisotopic (exact) mass is 212 g/mol. The molecule has 1 aromatic heterocycles. The lowest BCUT2D eigenvalue weighted by molar-refractivity contribution is 0.574. The van der Waals surface area contributed by atoms with Crippen LogP contribution in [0.5, 0.6) is 0 Å². The summed E-state index contributed by atoms with van der Waals surface area (Å²) in [5.41, 5.74) is 2.58. The van der Waals surface area contributed by atoms with E-state index in [1.165, 1.54) is 11.1 Å². The molecule has 0 bridgehead atoms. The van der Waals surface area contributed by atoms with Crippen LogP contribution in [0.25, 0.3) is 0 Å². The van der Waals surface area contributed by atoms with Crippen molar-refractivity contribution in [1.29, 1.82) is 0 Å². The van der Waals surface area contributed by atoms with Crippen molar-refractivity contribution in [2.75, 3.05) is 0 Å². The Morgan fingerprint density at radius 2 is 1.75 bits per heavy atom. The van der Waals surface area contributed by atoms with Crippen molar-refractivity contribution in [2.24, 2.45) is 0 Å². The highest BCUT2D eigenvalue weighted by Crippen LogP contribution is 2.11. The molecule has 2 rings (SSSR count). The van der Waals surface area contributed by atoms with Crippen molar-refractivity contribution in [1.82, 2.24) is 10.3 Å². The number of hydrogen-bond donors (Lipinski definition) is 1. The third-order valence-electron chi connectivity index (χ3n) is 2.66. The fraction of sp³-hybridized carbons (Fsp3) is 0.214. The number of hydrogen-bond acceptors (Lipinski definition) is 2. The van der Waals surface area contributed by atoms with Crippen molar-refractivity contribution in [3.63, 3.8) is 0 Å². The summed E-state index contributed by atoms with van der Waals surface area (Å²) in [5.74, 6) is 0. The summed E-state index contributed by atoms with van der Waals surface area (Å²) in [6, 6.07) is 14.9. The summed E-state index contributed by atoms with van der Waals surface area (Å²) in [7, 11) is 0. The fourth-order valence-corrected chi connectivity index (χ4v) is 1.63. The van der Waals surface area contributed by atoms with Gasteiger partial charge in [-0.25, -0.2) is 0 Å². The maximum atomic E-state index is 4.00. The molecule has 0 saturated heterocycles. The summed E-state index contributed by atoms with van der Waals surface area (Å²) in [4.78, 5) is 4.00. The zero-order valence-electron chi connectivity index (χ0n) is 9.43. The predicted molar refractivity (Wildman–Crippen MR) is 65.9 cm³/mol. The smallest absolute Gasteiger partial charge is 0.0294 e. The average Bonchev–Trinajstić information content (AvgIpc) is 2.38. The van der Waals surface area contributed by atoms with Crippen LogP contribution in [0, 0.1) is 0 Å². The number of aromatic nitrogens is 1. The molecule has 2 heteroatoms. The highest BCUT2D eigenvalue weighted by molar-refractivity contribution is 5.18. The first-order valence-electron chi connectivity index (χ1n) is 5.53. The number of benzene rings is 1. The van der Waals surface area contributed by atoms with Gasteiger partial charge in [-0.05, 0) is 30.2 Å². The second-order valence-electron chi connectivity index (χ2n) is 3.87. The first kappa shape index (κ1) is 10.8. The summed E-state index contributed by atoms with van der Waals surface area (Å²) in [6.07, 6.45) is 3.65. The van der Waals surface area contributed by atoms with E-state index in [0.717, 1.165) is 6.54 Å². The maximum absolute atomic E-state index is 4.00. The van der Waals surface area contributed by atoms with Gasteiger partial charge in [0, 0.05) is 25.0 Å². The summed E-state index contributed by atoms with van der Waals surface area (Å²) >= 11 is 0. The molecule has 1 heterocycles. The Morgan fingerprint density at radius 3 is 2.44 bits per heavy atom. The molecule has 0 aliphatic carbocycles.